The summed E-state index contributed by atoms with van der Waals surface area (Å²) in [5.41, 5.74) is -0.0513. The molecule has 1 aliphatic heterocycles. The Labute approximate surface area is 142 Å². The molecule has 3 atom stereocenters. The van der Waals surface area contributed by atoms with E-state index in [1.165, 1.54) is 25.7 Å². The summed E-state index contributed by atoms with van der Waals surface area (Å²) < 4.78 is 17.3. The maximum atomic E-state index is 11.6. The fraction of sp³-hybridized carbons (Fsp3) is 0.947. The normalized spacial score (nSPS) is 25.3. The lowest BCUT2D eigenvalue weighted by Crippen LogP contribution is -2.44. The van der Waals surface area contributed by atoms with Crippen molar-refractivity contribution in [3.8, 4) is 0 Å². The van der Waals surface area contributed by atoms with E-state index in [0.717, 1.165) is 19.3 Å². The molecule has 1 fully saturated rings. The van der Waals surface area contributed by atoms with Gasteiger partial charge in [0.2, 0.25) is 0 Å². The fourth-order valence-corrected chi connectivity index (χ4v) is 2.88. The first-order valence-electron chi connectivity index (χ1n) is 9.33. The standard InChI is InChI=1S/C19H36O4/c1-6-8-9-10-11-15-14-16(12-13-17(20)21-7-2)23-18(22-15)19(3,4)5/h15-16,18H,6-14H2,1-5H3/t15-,16-,18-/m0/s1. The molecule has 0 N–H and O–H groups in total. The van der Waals surface area contributed by atoms with Gasteiger partial charge in [-0.15, -0.1) is 0 Å². The van der Waals surface area contributed by atoms with Crippen LogP contribution in [0, 0.1) is 5.41 Å². The first kappa shape index (κ1) is 20.4. The zero-order chi connectivity index (χ0) is 17.3. The van der Waals surface area contributed by atoms with Crippen LogP contribution in [0.1, 0.15) is 86.0 Å². The average Bonchev–Trinajstić information content (AvgIpc) is 2.49. The minimum absolute atomic E-state index is 0.0513. The lowest BCUT2D eigenvalue weighted by atomic mass is 9.93. The van der Waals surface area contributed by atoms with E-state index in [2.05, 4.69) is 27.7 Å². The van der Waals surface area contributed by atoms with Gasteiger partial charge in [-0.25, -0.2) is 0 Å². The summed E-state index contributed by atoms with van der Waals surface area (Å²) in [6, 6.07) is 0. The van der Waals surface area contributed by atoms with Gasteiger partial charge in [-0.3, -0.25) is 4.79 Å². The van der Waals surface area contributed by atoms with Gasteiger partial charge in [0, 0.05) is 18.3 Å². The van der Waals surface area contributed by atoms with Crippen LogP contribution in [0.25, 0.3) is 0 Å². The predicted molar refractivity (Wildman–Crippen MR) is 92.2 cm³/mol. The number of unbranched alkanes of at least 4 members (excludes halogenated alkanes) is 3. The maximum Gasteiger partial charge on any atom is 0.305 e. The second-order valence-electron chi connectivity index (χ2n) is 7.64. The van der Waals surface area contributed by atoms with Crippen LogP contribution in [-0.2, 0) is 19.0 Å². The quantitative estimate of drug-likeness (QED) is 0.448. The van der Waals surface area contributed by atoms with Crippen LogP contribution in [0.3, 0.4) is 0 Å². The molecule has 1 rings (SSSR count). The molecule has 0 bridgehead atoms. The van der Waals surface area contributed by atoms with E-state index >= 15 is 0 Å². The zero-order valence-corrected chi connectivity index (χ0v) is 15.7. The van der Waals surface area contributed by atoms with Crippen molar-refractivity contribution in [1.82, 2.24) is 0 Å². The SMILES string of the molecule is CCCCCC[C@H]1C[C@H](CCC(=O)OCC)O[C@@H](C(C)(C)C)O1. The molecule has 1 aliphatic rings. The maximum absolute atomic E-state index is 11.6. The number of hydrogen-bond acceptors (Lipinski definition) is 4. The monoisotopic (exact) mass is 328 g/mol. The van der Waals surface area contributed by atoms with E-state index < -0.39 is 0 Å². The lowest BCUT2D eigenvalue weighted by Gasteiger charge is -2.41. The van der Waals surface area contributed by atoms with Crippen molar-refractivity contribution in [2.24, 2.45) is 5.41 Å². The van der Waals surface area contributed by atoms with Crippen molar-refractivity contribution in [2.75, 3.05) is 6.61 Å². The first-order valence-corrected chi connectivity index (χ1v) is 9.33. The van der Waals surface area contributed by atoms with Crippen LogP contribution in [0.15, 0.2) is 0 Å². The summed E-state index contributed by atoms with van der Waals surface area (Å²) in [7, 11) is 0. The second kappa shape index (κ2) is 10.3. The number of hydrogen-bond donors (Lipinski definition) is 0. The molecule has 23 heavy (non-hydrogen) atoms. The van der Waals surface area contributed by atoms with Gasteiger partial charge in [0.25, 0.3) is 0 Å². The van der Waals surface area contributed by atoms with Crippen molar-refractivity contribution in [3.05, 3.63) is 0 Å². The van der Waals surface area contributed by atoms with Gasteiger partial charge in [-0.05, 0) is 19.8 Å². The number of ether oxygens (including phenoxy) is 3. The Bertz CT molecular complexity index is 335. The van der Waals surface area contributed by atoms with Crippen LogP contribution in [0.2, 0.25) is 0 Å². The van der Waals surface area contributed by atoms with Crippen LogP contribution in [-0.4, -0.2) is 31.1 Å². The molecule has 4 heteroatoms. The minimum atomic E-state index is -0.195. The van der Waals surface area contributed by atoms with Gasteiger partial charge in [-0.1, -0.05) is 53.4 Å². The Morgan fingerprint density at radius 1 is 1.04 bits per heavy atom. The third-order valence-corrected chi connectivity index (χ3v) is 4.22. The fourth-order valence-electron chi connectivity index (χ4n) is 2.88. The molecular formula is C19H36O4. The van der Waals surface area contributed by atoms with E-state index in [9.17, 15) is 4.79 Å². The molecule has 0 aromatic carbocycles. The van der Waals surface area contributed by atoms with Crippen LogP contribution in [0.5, 0.6) is 0 Å². The highest BCUT2D eigenvalue weighted by atomic mass is 16.7. The van der Waals surface area contributed by atoms with Gasteiger partial charge in [0.1, 0.15) is 0 Å². The summed E-state index contributed by atoms with van der Waals surface area (Å²) in [4.78, 5) is 11.6. The molecule has 0 aromatic rings. The van der Waals surface area contributed by atoms with Crippen molar-refractivity contribution in [1.29, 1.82) is 0 Å². The highest BCUT2D eigenvalue weighted by Crippen LogP contribution is 2.34. The van der Waals surface area contributed by atoms with Crippen molar-refractivity contribution in [2.45, 2.75) is 104 Å². The minimum Gasteiger partial charge on any atom is -0.466 e. The van der Waals surface area contributed by atoms with E-state index in [-0.39, 0.29) is 29.9 Å². The Balaban J connectivity index is 2.50. The molecule has 0 aromatic heterocycles. The van der Waals surface area contributed by atoms with Gasteiger partial charge >= 0.3 is 5.97 Å². The largest absolute Gasteiger partial charge is 0.466 e. The average molecular weight is 328 g/mol. The molecule has 4 nitrogen and oxygen atoms in total. The summed E-state index contributed by atoms with van der Waals surface area (Å²) in [5, 5.41) is 0. The zero-order valence-electron chi connectivity index (χ0n) is 15.7. The molecule has 0 amide bonds. The third-order valence-electron chi connectivity index (χ3n) is 4.22. The van der Waals surface area contributed by atoms with Crippen LogP contribution < -0.4 is 0 Å². The molecule has 0 aliphatic carbocycles. The van der Waals surface area contributed by atoms with Gasteiger partial charge in [0.05, 0.1) is 18.8 Å². The highest BCUT2D eigenvalue weighted by molar-refractivity contribution is 5.69. The molecule has 1 saturated heterocycles. The Morgan fingerprint density at radius 3 is 2.26 bits per heavy atom. The molecule has 0 radical (unpaired) electrons. The molecule has 0 saturated carbocycles. The second-order valence-corrected chi connectivity index (χ2v) is 7.64. The van der Waals surface area contributed by atoms with Crippen LogP contribution >= 0.6 is 0 Å². The van der Waals surface area contributed by atoms with Crippen molar-refractivity contribution in [3.63, 3.8) is 0 Å². The molecule has 0 unspecified atom stereocenters. The number of rotatable bonds is 9. The number of esters is 1. The summed E-state index contributed by atoms with van der Waals surface area (Å²) in [6.45, 7) is 10.9. The van der Waals surface area contributed by atoms with Crippen LogP contribution in [0.4, 0.5) is 0 Å². The first-order chi connectivity index (χ1) is 10.9. The summed E-state index contributed by atoms with van der Waals surface area (Å²) >= 11 is 0. The predicted octanol–water partition coefficient (Wildman–Crippen LogP) is 4.85. The lowest BCUT2D eigenvalue weighted by molar-refractivity contribution is -0.281. The van der Waals surface area contributed by atoms with E-state index in [0.29, 0.717) is 13.0 Å². The molecule has 0 spiro atoms. The summed E-state index contributed by atoms with van der Waals surface area (Å²) in [5.74, 6) is -0.130. The Hall–Kier alpha value is -0.610. The van der Waals surface area contributed by atoms with Gasteiger partial charge < -0.3 is 14.2 Å². The molecule has 136 valence electrons. The number of carbonyl (C=O) groups is 1. The number of carbonyl (C=O) groups excluding carboxylic acids is 1. The Morgan fingerprint density at radius 2 is 1.70 bits per heavy atom. The highest BCUT2D eigenvalue weighted by Gasteiger charge is 2.36. The van der Waals surface area contributed by atoms with E-state index in [4.69, 9.17) is 14.2 Å². The van der Waals surface area contributed by atoms with Crippen molar-refractivity contribution < 1.29 is 19.0 Å². The van der Waals surface area contributed by atoms with E-state index in [1.54, 1.807) is 0 Å². The van der Waals surface area contributed by atoms with Crippen molar-refractivity contribution >= 4 is 5.97 Å². The Kier molecular flexibility index (Phi) is 9.15. The van der Waals surface area contributed by atoms with Gasteiger partial charge in [-0.2, -0.15) is 0 Å². The van der Waals surface area contributed by atoms with Gasteiger partial charge in [0.15, 0.2) is 6.29 Å². The summed E-state index contributed by atoms with van der Waals surface area (Å²) in [6.07, 6.45) is 8.29. The smallest absolute Gasteiger partial charge is 0.305 e. The molecular weight excluding hydrogens is 292 g/mol. The topological polar surface area (TPSA) is 44.8 Å². The third kappa shape index (κ3) is 8.16. The molecule has 1 heterocycles. The van der Waals surface area contributed by atoms with E-state index in [1.807, 2.05) is 6.92 Å².